The van der Waals surface area contributed by atoms with E-state index in [0.717, 1.165) is 45.4 Å². The maximum absolute atomic E-state index is 12.5. The number of rotatable bonds is 5. The minimum atomic E-state index is 0.0295. The van der Waals surface area contributed by atoms with E-state index in [1.165, 1.54) is 11.5 Å². The number of nitrogens with one attached hydrogen (secondary N) is 1. The minimum Gasteiger partial charge on any atom is -0.375 e. The smallest absolute Gasteiger partial charge is 0.140 e. The molecule has 2 unspecified atom stereocenters. The topological polar surface area (TPSA) is 38.3 Å². The largest absolute Gasteiger partial charge is 0.375 e. The highest BCUT2D eigenvalue weighted by atomic mass is 32.2. The molecule has 2 saturated heterocycles. The molecule has 2 fully saturated rings. The Labute approximate surface area is 121 Å². The summed E-state index contributed by atoms with van der Waals surface area (Å²) < 4.78 is 6.07. The quantitative estimate of drug-likeness (QED) is 0.842. The molecule has 3 nitrogen and oxygen atoms in total. The van der Waals surface area contributed by atoms with Gasteiger partial charge in [0.15, 0.2) is 0 Å². The molecule has 0 aromatic carbocycles. The molecule has 0 saturated carbocycles. The van der Waals surface area contributed by atoms with Gasteiger partial charge in [-0.2, -0.15) is 11.8 Å². The van der Waals surface area contributed by atoms with Crippen molar-refractivity contribution < 1.29 is 9.53 Å². The van der Waals surface area contributed by atoms with Crippen LogP contribution in [0.25, 0.3) is 0 Å². The van der Waals surface area contributed by atoms with Crippen LogP contribution in [0.1, 0.15) is 39.5 Å². The van der Waals surface area contributed by atoms with Gasteiger partial charge in [-0.05, 0) is 43.7 Å². The molecule has 2 aliphatic rings. The van der Waals surface area contributed by atoms with Crippen LogP contribution in [0.2, 0.25) is 0 Å². The van der Waals surface area contributed by atoms with E-state index in [1.807, 2.05) is 11.8 Å². The first kappa shape index (κ1) is 15.3. The van der Waals surface area contributed by atoms with E-state index in [-0.39, 0.29) is 17.4 Å². The Bertz CT molecular complexity index is 297. The highest BCUT2D eigenvalue weighted by molar-refractivity contribution is 7.99. The van der Waals surface area contributed by atoms with Gasteiger partial charge in [0.1, 0.15) is 5.78 Å². The molecule has 0 aliphatic carbocycles. The summed E-state index contributed by atoms with van der Waals surface area (Å²) in [5.74, 6) is 3.19. The summed E-state index contributed by atoms with van der Waals surface area (Å²) >= 11 is 2.01. The van der Waals surface area contributed by atoms with Gasteiger partial charge in [-0.1, -0.05) is 13.8 Å². The van der Waals surface area contributed by atoms with E-state index in [0.29, 0.717) is 5.78 Å². The monoisotopic (exact) mass is 285 g/mol. The van der Waals surface area contributed by atoms with Crippen molar-refractivity contribution in [2.75, 3.05) is 31.2 Å². The Kier molecular flexibility index (Phi) is 5.72. The first-order chi connectivity index (χ1) is 9.17. The summed E-state index contributed by atoms with van der Waals surface area (Å²) in [5.41, 5.74) is 0.0295. The molecule has 1 N–H and O–H groups in total. The number of ether oxygens (including phenoxy) is 1. The maximum atomic E-state index is 12.5. The van der Waals surface area contributed by atoms with Gasteiger partial charge in [-0.3, -0.25) is 4.79 Å². The van der Waals surface area contributed by atoms with Gasteiger partial charge in [-0.15, -0.1) is 0 Å². The van der Waals surface area contributed by atoms with Gasteiger partial charge in [0.25, 0.3) is 0 Å². The Balaban J connectivity index is 1.91. The second-order valence-electron chi connectivity index (χ2n) is 5.94. The number of hydrogen-bond acceptors (Lipinski definition) is 4. The highest BCUT2D eigenvalue weighted by Gasteiger charge is 2.41. The first-order valence-electron chi connectivity index (χ1n) is 7.63. The lowest BCUT2D eigenvalue weighted by molar-refractivity contribution is -0.141. The number of Topliss-reactive ketones (excluding diaryl/α,β-unsaturated/α-hetero) is 1. The molecule has 0 radical (unpaired) electrons. The Hall–Kier alpha value is -0.0600. The van der Waals surface area contributed by atoms with E-state index >= 15 is 0 Å². The number of carbonyl (C=O) groups is 1. The van der Waals surface area contributed by atoms with E-state index < -0.39 is 0 Å². The molecule has 4 heteroatoms. The van der Waals surface area contributed by atoms with Crippen LogP contribution in [-0.2, 0) is 9.53 Å². The summed E-state index contributed by atoms with van der Waals surface area (Å²) in [4.78, 5) is 12.5. The Morgan fingerprint density at radius 1 is 1.47 bits per heavy atom. The molecule has 2 heterocycles. The molecule has 110 valence electrons. The van der Waals surface area contributed by atoms with E-state index in [2.05, 4.69) is 19.2 Å². The summed E-state index contributed by atoms with van der Waals surface area (Å²) in [6, 6.07) is 0. The average molecular weight is 285 g/mol. The number of hydrogen-bond donors (Lipinski definition) is 1. The van der Waals surface area contributed by atoms with Crippen LogP contribution in [-0.4, -0.2) is 42.6 Å². The highest BCUT2D eigenvalue weighted by Crippen LogP contribution is 2.40. The normalized spacial score (nSPS) is 28.2. The van der Waals surface area contributed by atoms with Gasteiger partial charge in [0, 0.05) is 25.0 Å². The van der Waals surface area contributed by atoms with Crippen molar-refractivity contribution in [3.05, 3.63) is 0 Å². The third-order valence-electron chi connectivity index (χ3n) is 4.49. The van der Waals surface area contributed by atoms with E-state index in [1.54, 1.807) is 0 Å². The Morgan fingerprint density at radius 3 is 2.89 bits per heavy atom. The van der Waals surface area contributed by atoms with Crippen molar-refractivity contribution in [2.45, 2.75) is 45.1 Å². The fraction of sp³-hybridized carbons (Fsp3) is 0.933. The molecule has 0 bridgehead atoms. The zero-order valence-electron chi connectivity index (χ0n) is 12.2. The van der Waals surface area contributed by atoms with Crippen LogP contribution >= 0.6 is 11.8 Å². The van der Waals surface area contributed by atoms with Crippen molar-refractivity contribution in [1.82, 2.24) is 5.32 Å². The average Bonchev–Trinajstić information content (AvgIpc) is 2.45. The summed E-state index contributed by atoms with van der Waals surface area (Å²) in [7, 11) is 0. The second-order valence-corrected chi connectivity index (χ2v) is 7.17. The number of ketones is 1. The molecule has 0 amide bonds. The lowest BCUT2D eigenvalue weighted by Crippen LogP contribution is -2.46. The predicted molar refractivity (Wildman–Crippen MR) is 80.7 cm³/mol. The van der Waals surface area contributed by atoms with Gasteiger partial charge < -0.3 is 10.1 Å². The standard InChI is InChI=1S/C15H27NO2S/c1-3-16-11-12(2)14(17)13-4-7-18-15(10-13)5-8-19-9-6-15/h12-13,16H,3-11H2,1-2H3. The molecular formula is C15H27NO2S. The summed E-state index contributed by atoms with van der Waals surface area (Å²) in [6.45, 7) is 6.67. The molecule has 1 spiro atoms. The number of carbonyl (C=O) groups excluding carboxylic acids is 1. The van der Waals surface area contributed by atoms with E-state index in [4.69, 9.17) is 4.74 Å². The maximum Gasteiger partial charge on any atom is 0.140 e. The van der Waals surface area contributed by atoms with Crippen molar-refractivity contribution in [1.29, 1.82) is 0 Å². The zero-order chi connectivity index (χ0) is 13.7. The number of thioether (sulfide) groups is 1. The first-order valence-corrected chi connectivity index (χ1v) is 8.78. The molecule has 19 heavy (non-hydrogen) atoms. The molecule has 2 aliphatic heterocycles. The van der Waals surface area contributed by atoms with Crippen LogP contribution < -0.4 is 5.32 Å². The van der Waals surface area contributed by atoms with Gasteiger partial charge in [0.05, 0.1) is 5.60 Å². The van der Waals surface area contributed by atoms with Crippen LogP contribution in [0.4, 0.5) is 0 Å². The molecular weight excluding hydrogens is 258 g/mol. The van der Waals surface area contributed by atoms with Crippen LogP contribution in [0, 0.1) is 11.8 Å². The third-order valence-corrected chi connectivity index (χ3v) is 5.47. The minimum absolute atomic E-state index is 0.0295. The van der Waals surface area contributed by atoms with E-state index in [9.17, 15) is 4.79 Å². The summed E-state index contributed by atoms with van der Waals surface area (Å²) in [6.07, 6.45) is 4.14. The van der Waals surface area contributed by atoms with Crippen molar-refractivity contribution >= 4 is 17.5 Å². The van der Waals surface area contributed by atoms with Crippen LogP contribution in [0.15, 0.2) is 0 Å². The van der Waals surface area contributed by atoms with Crippen LogP contribution in [0.5, 0.6) is 0 Å². The van der Waals surface area contributed by atoms with Crippen molar-refractivity contribution in [3.63, 3.8) is 0 Å². The fourth-order valence-electron chi connectivity index (χ4n) is 3.23. The van der Waals surface area contributed by atoms with Gasteiger partial charge >= 0.3 is 0 Å². The Morgan fingerprint density at radius 2 is 2.21 bits per heavy atom. The lowest BCUT2D eigenvalue weighted by Gasteiger charge is -2.43. The fourth-order valence-corrected chi connectivity index (χ4v) is 4.46. The summed E-state index contributed by atoms with van der Waals surface area (Å²) in [5, 5.41) is 3.28. The molecule has 0 aromatic rings. The SMILES string of the molecule is CCNCC(C)C(=O)C1CCOC2(CCSCC2)C1. The van der Waals surface area contributed by atoms with Crippen molar-refractivity contribution in [3.8, 4) is 0 Å². The zero-order valence-corrected chi connectivity index (χ0v) is 13.1. The third kappa shape index (κ3) is 3.96. The van der Waals surface area contributed by atoms with Crippen molar-refractivity contribution in [2.24, 2.45) is 11.8 Å². The molecule has 2 rings (SSSR count). The van der Waals surface area contributed by atoms with Crippen LogP contribution in [0.3, 0.4) is 0 Å². The molecule has 2 atom stereocenters. The second kappa shape index (κ2) is 7.09. The predicted octanol–water partition coefficient (Wildman–Crippen LogP) is 2.49. The molecule has 0 aromatic heterocycles. The van der Waals surface area contributed by atoms with Gasteiger partial charge in [0.2, 0.25) is 0 Å². The lowest BCUT2D eigenvalue weighted by atomic mass is 9.77. The van der Waals surface area contributed by atoms with Gasteiger partial charge in [-0.25, -0.2) is 0 Å².